The maximum absolute atomic E-state index is 12.9. The Kier molecular flexibility index (Phi) is 4.66. The fourth-order valence-corrected chi connectivity index (χ4v) is 2.74. The van der Waals surface area contributed by atoms with Crippen molar-refractivity contribution in [3.8, 4) is 0 Å². The van der Waals surface area contributed by atoms with Crippen LogP contribution in [0.2, 0.25) is 0 Å². The maximum atomic E-state index is 12.9. The van der Waals surface area contributed by atoms with Crippen molar-refractivity contribution in [2.45, 2.75) is 44.7 Å². The molecule has 2 rings (SSSR count). The second-order valence-electron chi connectivity index (χ2n) is 5.01. The van der Waals surface area contributed by atoms with Crippen molar-refractivity contribution in [2.75, 3.05) is 6.61 Å². The number of pyridine rings is 1. The minimum Gasteiger partial charge on any atom is -0.396 e. The van der Waals surface area contributed by atoms with Crippen LogP contribution in [0.4, 0.5) is 4.39 Å². The molecule has 3 atom stereocenters. The van der Waals surface area contributed by atoms with Crippen LogP contribution in [0.3, 0.4) is 0 Å². The van der Waals surface area contributed by atoms with Crippen LogP contribution in [0.25, 0.3) is 0 Å². The summed E-state index contributed by atoms with van der Waals surface area (Å²) in [6.07, 6.45) is 5.52. The quantitative estimate of drug-likeness (QED) is 0.846. The Morgan fingerprint density at radius 2 is 2.33 bits per heavy atom. The molecule has 0 spiro atoms. The van der Waals surface area contributed by atoms with Gasteiger partial charge >= 0.3 is 0 Å². The first-order chi connectivity index (χ1) is 8.74. The summed E-state index contributed by atoms with van der Waals surface area (Å²) in [4.78, 5) is 4.14. The zero-order valence-electron chi connectivity index (χ0n) is 10.8. The predicted octanol–water partition coefficient (Wildman–Crippen LogP) is 2.42. The highest BCUT2D eigenvalue weighted by Gasteiger charge is 2.28. The maximum Gasteiger partial charge on any atom is 0.141 e. The lowest BCUT2D eigenvalue weighted by atomic mass is 10.0. The van der Waals surface area contributed by atoms with Crippen LogP contribution in [-0.4, -0.2) is 22.7 Å². The van der Waals surface area contributed by atoms with E-state index >= 15 is 0 Å². The molecule has 1 saturated carbocycles. The molecule has 1 fully saturated rings. The lowest BCUT2D eigenvalue weighted by Gasteiger charge is -2.25. The minimum absolute atomic E-state index is 0.141. The molecule has 100 valence electrons. The number of aliphatic hydroxyl groups is 1. The van der Waals surface area contributed by atoms with Crippen LogP contribution in [0, 0.1) is 11.7 Å². The van der Waals surface area contributed by atoms with Gasteiger partial charge in [-0.15, -0.1) is 0 Å². The predicted molar refractivity (Wildman–Crippen MR) is 68.6 cm³/mol. The lowest BCUT2D eigenvalue weighted by molar-refractivity contribution is 0.198. The number of hydrogen-bond donors (Lipinski definition) is 2. The molecule has 0 amide bonds. The third kappa shape index (κ3) is 3.06. The average molecular weight is 252 g/mol. The van der Waals surface area contributed by atoms with E-state index in [2.05, 4.69) is 17.2 Å². The third-order valence-electron chi connectivity index (χ3n) is 3.82. The van der Waals surface area contributed by atoms with Gasteiger partial charge in [-0.3, -0.25) is 4.98 Å². The highest BCUT2D eigenvalue weighted by Crippen LogP contribution is 2.28. The van der Waals surface area contributed by atoms with Gasteiger partial charge in [-0.05, 0) is 37.3 Å². The van der Waals surface area contributed by atoms with Crippen LogP contribution in [0.1, 0.15) is 44.3 Å². The highest BCUT2D eigenvalue weighted by atomic mass is 19.1. The normalized spacial score (nSPS) is 25.3. The number of aromatic nitrogens is 1. The number of aliphatic hydroxyl groups excluding tert-OH is 1. The highest BCUT2D eigenvalue weighted by molar-refractivity contribution is 5.10. The number of nitrogens with zero attached hydrogens (tertiary/aromatic N) is 1. The van der Waals surface area contributed by atoms with E-state index in [0.717, 1.165) is 31.4 Å². The summed E-state index contributed by atoms with van der Waals surface area (Å²) in [5, 5.41) is 12.9. The van der Waals surface area contributed by atoms with Crippen molar-refractivity contribution in [3.63, 3.8) is 0 Å². The molecule has 1 aromatic rings. The fourth-order valence-electron chi connectivity index (χ4n) is 2.74. The Bertz CT molecular complexity index is 369. The number of hydrogen-bond acceptors (Lipinski definition) is 3. The molecule has 0 saturated heterocycles. The largest absolute Gasteiger partial charge is 0.396 e. The van der Waals surface area contributed by atoms with E-state index in [1.165, 1.54) is 12.3 Å². The molecule has 0 radical (unpaired) electrons. The summed E-state index contributed by atoms with van der Waals surface area (Å²) in [5.74, 6) is 0.0437. The molecule has 2 N–H and O–H groups in total. The first-order valence-electron chi connectivity index (χ1n) is 6.73. The van der Waals surface area contributed by atoms with Gasteiger partial charge in [-0.25, -0.2) is 4.39 Å². The summed E-state index contributed by atoms with van der Waals surface area (Å²) in [5.41, 5.74) is 0.877. The van der Waals surface area contributed by atoms with Gasteiger partial charge in [-0.1, -0.05) is 13.3 Å². The van der Waals surface area contributed by atoms with E-state index in [4.69, 9.17) is 0 Å². The van der Waals surface area contributed by atoms with Crippen LogP contribution < -0.4 is 5.32 Å². The molecule has 4 heteroatoms. The molecule has 1 aliphatic rings. The van der Waals surface area contributed by atoms with Crippen LogP contribution in [-0.2, 0) is 0 Å². The number of nitrogens with one attached hydrogen (secondary N) is 1. The number of halogens is 1. The zero-order chi connectivity index (χ0) is 13.0. The van der Waals surface area contributed by atoms with Gasteiger partial charge < -0.3 is 10.4 Å². The topological polar surface area (TPSA) is 45.1 Å². The summed E-state index contributed by atoms with van der Waals surface area (Å²) in [6, 6.07) is 3.68. The second kappa shape index (κ2) is 6.25. The van der Waals surface area contributed by atoms with Gasteiger partial charge in [0.15, 0.2) is 0 Å². The molecule has 3 nitrogen and oxygen atoms in total. The van der Waals surface area contributed by atoms with E-state index in [9.17, 15) is 9.50 Å². The van der Waals surface area contributed by atoms with Gasteiger partial charge in [0.2, 0.25) is 0 Å². The van der Waals surface area contributed by atoms with Crippen molar-refractivity contribution in [2.24, 2.45) is 5.92 Å². The van der Waals surface area contributed by atoms with Crippen molar-refractivity contribution in [1.29, 1.82) is 0 Å². The third-order valence-corrected chi connectivity index (χ3v) is 3.82. The Labute approximate surface area is 107 Å². The molecular weight excluding hydrogens is 231 g/mol. The van der Waals surface area contributed by atoms with Gasteiger partial charge in [0.05, 0.1) is 11.9 Å². The average Bonchev–Trinajstić information content (AvgIpc) is 2.84. The van der Waals surface area contributed by atoms with Crippen LogP contribution in [0.5, 0.6) is 0 Å². The van der Waals surface area contributed by atoms with E-state index in [1.807, 2.05) is 0 Å². The standard InChI is InChI=1S/C14H21FN2O/c1-2-12(14-7-6-11(15)8-16-14)17-13-5-3-4-10(13)9-18/h6-8,10,12-13,17-18H,2-5,9H2,1H3. The van der Waals surface area contributed by atoms with E-state index < -0.39 is 0 Å². The molecule has 3 unspecified atom stereocenters. The molecule has 0 bridgehead atoms. The van der Waals surface area contributed by atoms with Crippen molar-refractivity contribution in [3.05, 3.63) is 29.8 Å². The minimum atomic E-state index is -0.303. The molecular formula is C14H21FN2O. The molecule has 1 heterocycles. The van der Waals surface area contributed by atoms with E-state index in [1.54, 1.807) is 6.07 Å². The second-order valence-corrected chi connectivity index (χ2v) is 5.01. The Morgan fingerprint density at radius 1 is 1.50 bits per heavy atom. The summed E-state index contributed by atoms with van der Waals surface area (Å²) < 4.78 is 12.9. The molecule has 1 aliphatic carbocycles. The lowest BCUT2D eigenvalue weighted by Crippen LogP contribution is -2.37. The molecule has 18 heavy (non-hydrogen) atoms. The molecule has 0 aromatic carbocycles. The Morgan fingerprint density at radius 3 is 2.94 bits per heavy atom. The SMILES string of the molecule is CCC(NC1CCCC1CO)c1ccc(F)cn1. The Hall–Kier alpha value is -1.00. The van der Waals surface area contributed by atoms with E-state index in [-0.39, 0.29) is 18.5 Å². The van der Waals surface area contributed by atoms with E-state index in [0.29, 0.717) is 12.0 Å². The summed E-state index contributed by atoms with van der Waals surface area (Å²) in [6.45, 7) is 2.33. The first kappa shape index (κ1) is 13.4. The van der Waals surface area contributed by atoms with Gasteiger partial charge in [-0.2, -0.15) is 0 Å². The monoisotopic (exact) mass is 252 g/mol. The van der Waals surface area contributed by atoms with Gasteiger partial charge in [0.1, 0.15) is 5.82 Å². The smallest absolute Gasteiger partial charge is 0.141 e. The zero-order valence-corrected chi connectivity index (χ0v) is 10.8. The summed E-state index contributed by atoms with van der Waals surface area (Å²) in [7, 11) is 0. The molecule has 1 aromatic heterocycles. The fraction of sp³-hybridized carbons (Fsp3) is 0.643. The first-order valence-corrected chi connectivity index (χ1v) is 6.73. The molecule has 0 aliphatic heterocycles. The van der Waals surface area contributed by atoms with Crippen molar-refractivity contribution < 1.29 is 9.50 Å². The number of rotatable bonds is 5. The van der Waals surface area contributed by atoms with Crippen molar-refractivity contribution >= 4 is 0 Å². The summed E-state index contributed by atoms with van der Waals surface area (Å²) >= 11 is 0. The van der Waals surface area contributed by atoms with Gasteiger partial charge in [0, 0.05) is 18.7 Å². The van der Waals surface area contributed by atoms with Gasteiger partial charge in [0.25, 0.3) is 0 Å². The van der Waals surface area contributed by atoms with Crippen LogP contribution in [0.15, 0.2) is 18.3 Å². The van der Waals surface area contributed by atoms with Crippen LogP contribution >= 0.6 is 0 Å². The Balaban J connectivity index is 2.02. The van der Waals surface area contributed by atoms with Crippen molar-refractivity contribution in [1.82, 2.24) is 10.3 Å².